The molecule has 11 aromatic rings. The van der Waals surface area contributed by atoms with Crippen LogP contribution in [-0.2, 0) is 0 Å². The van der Waals surface area contributed by atoms with Crippen molar-refractivity contribution >= 4 is 54.4 Å². The number of rotatable bonds is 5. The second kappa shape index (κ2) is 12.1. The van der Waals surface area contributed by atoms with Crippen molar-refractivity contribution in [3.63, 3.8) is 0 Å². The summed E-state index contributed by atoms with van der Waals surface area (Å²) in [5.74, 6) is 0.699. The fourth-order valence-corrected chi connectivity index (χ4v) is 8.31. The van der Waals surface area contributed by atoms with Gasteiger partial charge in [-0.05, 0) is 59.3 Å². The van der Waals surface area contributed by atoms with Crippen molar-refractivity contribution in [2.45, 2.75) is 0 Å². The average Bonchev–Trinajstić information content (AvgIpc) is 3.75. The molecule has 0 saturated carbocycles. The van der Waals surface area contributed by atoms with Gasteiger partial charge in [0, 0.05) is 43.9 Å². The summed E-state index contributed by atoms with van der Waals surface area (Å²) in [4.78, 5) is 10.3. The standard InChI is InChI=1S/C50H32N4/c1-4-17-34(18-5-1)42-31-43(52-50(51-42)35-19-6-2-7-20-35)39-25-13-15-27-45(39)54-44-26-14-12-24-38(44)40-30-41-48(32-47(40)54)53(36-21-8-3-9-22-36)46-29-28-33-16-10-11-23-37(33)49(41)46/h1-32H. The van der Waals surface area contributed by atoms with E-state index in [-0.39, 0.29) is 0 Å². The molecule has 0 fully saturated rings. The molecule has 3 aromatic heterocycles. The Morgan fingerprint density at radius 1 is 0.352 bits per heavy atom. The molecule has 0 bridgehead atoms. The van der Waals surface area contributed by atoms with Gasteiger partial charge in [0.1, 0.15) is 0 Å². The van der Waals surface area contributed by atoms with E-state index in [1.165, 1.54) is 43.4 Å². The smallest absolute Gasteiger partial charge is 0.160 e. The summed E-state index contributed by atoms with van der Waals surface area (Å²) >= 11 is 0. The Morgan fingerprint density at radius 3 is 1.80 bits per heavy atom. The van der Waals surface area contributed by atoms with E-state index in [4.69, 9.17) is 9.97 Å². The highest BCUT2D eigenvalue weighted by Gasteiger charge is 2.22. The molecule has 0 radical (unpaired) electrons. The predicted molar refractivity (Wildman–Crippen MR) is 225 cm³/mol. The number of benzene rings is 8. The normalized spacial score (nSPS) is 11.7. The SMILES string of the molecule is c1ccc(-c2cc(-c3ccccc3-n3c4ccccc4c4cc5c6c7ccccc7ccc6n(-c6ccccc6)c5cc43)nc(-c3ccccc3)n2)cc1. The zero-order valence-corrected chi connectivity index (χ0v) is 29.3. The number of fused-ring (bicyclic) bond motifs is 8. The van der Waals surface area contributed by atoms with Gasteiger partial charge >= 0.3 is 0 Å². The van der Waals surface area contributed by atoms with Crippen LogP contribution in [0.25, 0.3) is 99.7 Å². The molecule has 0 aliphatic carbocycles. The van der Waals surface area contributed by atoms with Crippen molar-refractivity contribution in [1.29, 1.82) is 0 Å². The van der Waals surface area contributed by atoms with Crippen LogP contribution in [0.3, 0.4) is 0 Å². The van der Waals surface area contributed by atoms with Gasteiger partial charge in [0.15, 0.2) is 5.82 Å². The fourth-order valence-electron chi connectivity index (χ4n) is 8.31. The number of nitrogens with zero attached hydrogens (tertiary/aromatic N) is 4. The lowest BCUT2D eigenvalue weighted by Gasteiger charge is -2.15. The summed E-state index contributed by atoms with van der Waals surface area (Å²) in [5, 5.41) is 7.44. The van der Waals surface area contributed by atoms with Gasteiger partial charge in [-0.25, -0.2) is 9.97 Å². The molecule has 0 unspecified atom stereocenters. The topological polar surface area (TPSA) is 35.6 Å². The van der Waals surface area contributed by atoms with Crippen LogP contribution < -0.4 is 0 Å². The summed E-state index contributed by atoms with van der Waals surface area (Å²) in [6, 6.07) is 69.0. The molecular formula is C50H32N4. The average molecular weight is 689 g/mol. The van der Waals surface area contributed by atoms with Crippen LogP contribution in [0, 0.1) is 0 Å². The Morgan fingerprint density at radius 2 is 0.981 bits per heavy atom. The summed E-state index contributed by atoms with van der Waals surface area (Å²) in [7, 11) is 0. The van der Waals surface area contributed by atoms with Crippen molar-refractivity contribution in [2.75, 3.05) is 0 Å². The third kappa shape index (κ3) is 4.70. The lowest BCUT2D eigenvalue weighted by molar-refractivity contribution is 1.15. The first-order valence-electron chi connectivity index (χ1n) is 18.3. The largest absolute Gasteiger partial charge is 0.309 e. The summed E-state index contributed by atoms with van der Waals surface area (Å²) in [6.07, 6.45) is 0. The fraction of sp³-hybridized carbons (Fsp3) is 0. The van der Waals surface area contributed by atoms with E-state index in [9.17, 15) is 0 Å². The van der Waals surface area contributed by atoms with Crippen molar-refractivity contribution < 1.29 is 0 Å². The second-order valence-corrected chi connectivity index (χ2v) is 13.8. The van der Waals surface area contributed by atoms with Crippen LogP contribution in [-0.4, -0.2) is 19.1 Å². The zero-order valence-electron chi connectivity index (χ0n) is 29.3. The Hall–Kier alpha value is -7.30. The van der Waals surface area contributed by atoms with E-state index in [2.05, 4.69) is 179 Å². The van der Waals surface area contributed by atoms with Gasteiger partial charge in [-0.15, -0.1) is 0 Å². The predicted octanol–water partition coefficient (Wildman–Crippen LogP) is 12.8. The highest BCUT2D eigenvalue weighted by atomic mass is 15.0. The molecule has 11 rings (SSSR count). The summed E-state index contributed by atoms with van der Waals surface area (Å²) < 4.78 is 4.85. The highest BCUT2D eigenvalue weighted by molar-refractivity contribution is 6.25. The summed E-state index contributed by atoms with van der Waals surface area (Å²) in [6.45, 7) is 0. The van der Waals surface area contributed by atoms with Gasteiger partial charge in [0.25, 0.3) is 0 Å². The van der Waals surface area contributed by atoms with Gasteiger partial charge in [-0.2, -0.15) is 0 Å². The van der Waals surface area contributed by atoms with Gasteiger partial charge in [-0.3, -0.25) is 0 Å². The first-order chi connectivity index (χ1) is 26.8. The number of para-hydroxylation sites is 3. The second-order valence-electron chi connectivity index (χ2n) is 13.8. The van der Waals surface area contributed by atoms with E-state index < -0.39 is 0 Å². The third-order valence-corrected chi connectivity index (χ3v) is 10.7. The molecule has 4 heteroatoms. The Balaban J connectivity index is 1.24. The monoisotopic (exact) mass is 688 g/mol. The van der Waals surface area contributed by atoms with Crippen molar-refractivity contribution in [3.05, 3.63) is 194 Å². The lowest BCUT2D eigenvalue weighted by atomic mass is 10.0. The van der Waals surface area contributed by atoms with Crippen molar-refractivity contribution in [2.24, 2.45) is 0 Å². The quantitative estimate of drug-likeness (QED) is 0.180. The Labute approximate surface area is 311 Å². The van der Waals surface area contributed by atoms with Crippen molar-refractivity contribution in [1.82, 2.24) is 19.1 Å². The van der Waals surface area contributed by atoms with Gasteiger partial charge in [0.05, 0.1) is 39.1 Å². The number of aromatic nitrogens is 4. The third-order valence-electron chi connectivity index (χ3n) is 10.7. The van der Waals surface area contributed by atoms with Crippen LogP contribution in [0.15, 0.2) is 194 Å². The number of hydrogen-bond acceptors (Lipinski definition) is 2. The molecule has 8 aromatic carbocycles. The Bertz CT molecular complexity index is 3140. The van der Waals surface area contributed by atoms with Crippen LogP contribution in [0.5, 0.6) is 0 Å². The van der Waals surface area contributed by atoms with Crippen LogP contribution in [0.2, 0.25) is 0 Å². The summed E-state index contributed by atoms with van der Waals surface area (Å²) in [5.41, 5.74) is 11.7. The minimum absolute atomic E-state index is 0.699. The molecule has 4 nitrogen and oxygen atoms in total. The lowest BCUT2D eigenvalue weighted by Crippen LogP contribution is -2.01. The first kappa shape index (κ1) is 30.3. The molecule has 0 atom stereocenters. The van der Waals surface area contributed by atoms with E-state index in [0.717, 1.165) is 50.5 Å². The molecule has 0 amide bonds. The van der Waals surface area contributed by atoms with Crippen LogP contribution in [0.1, 0.15) is 0 Å². The molecule has 0 aliphatic heterocycles. The maximum Gasteiger partial charge on any atom is 0.160 e. The maximum absolute atomic E-state index is 5.26. The molecule has 0 spiro atoms. The number of hydrogen-bond donors (Lipinski definition) is 0. The molecule has 3 heterocycles. The zero-order chi connectivity index (χ0) is 35.6. The Kier molecular flexibility index (Phi) is 6.82. The van der Waals surface area contributed by atoms with E-state index >= 15 is 0 Å². The molecular weight excluding hydrogens is 657 g/mol. The van der Waals surface area contributed by atoms with E-state index in [1.54, 1.807) is 0 Å². The highest BCUT2D eigenvalue weighted by Crippen LogP contribution is 2.43. The first-order valence-corrected chi connectivity index (χ1v) is 18.3. The molecule has 0 aliphatic rings. The van der Waals surface area contributed by atoms with E-state index in [1.807, 2.05) is 24.3 Å². The van der Waals surface area contributed by atoms with Gasteiger partial charge in [0.2, 0.25) is 0 Å². The minimum Gasteiger partial charge on any atom is -0.309 e. The van der Waals surface area contributed by atoms with Gasteiger partial charge in [-0.1, -0.05) is 146 Å². The molecule has 0 saturated heterocycles. The van der Waals surface area contributed by atoms with Crippen LogP contribution >= 0.6 is 0 Å². The molecule has 0 N–H and O–H groups in total. The van der Waals surface area contributed by atoms with E-state index in [0.29, 0.717) is 5.82 Å². The minimum atomic E-state index is 0.699. The van der Waals surface area contributed by atoms with Gasteiger partial charge < -0.3 is 9.13 Å². The molecule has 252 valence electrons. The van der Waals surface area contributed by atoms with Crippen molar-refractivity contribution in [3.8, 4) is 45.3 Å². The molecule has 54 heavy (non-hydrogen) atoms. The maximum atomic E-state index is 5.26. The van der Waals surface area contributed by atoms with Crippen LogP contribution in [0.4, 0.5) is 0 Å².